The van der Waals surface area contributed by atoms with E-state index in [0.29, 0.717) is 0 Å². The molecule has 17 heavy (non-hydrogen) atoms. The summed E-state index contributed by atoms with van der Waals surface area (Å²) in [6.07, 6.45) is -0.586. The van der Waals surface area contributed by atoms with Gasteiger partial charge < -0.3 is 16.6 Å². The fourth-order valence-electron chi connectivity index (χ4n) is 0.892. The molecule has 0 bridgehead atoms. The minimum Gasteiger partial charge on any atom is -0.480 e. The Morgan fingerprint density at radius 1 is 1.41 bits per heavy atom. The van der Waals surface area contributed by atoms with Crippen LogP contribution < -0.4 is 11.5 Å². The molecule has 0 fully saturated rings. The summed E-state index contributed by atoms with van der Waals surface area (Å²) < 4.78 is 26.3. The summed E-state index contributed by atoms with van der Waals surface area (Å²) >= 11 is 0. The van der Waals surface area contributed by atoms with Crippen LogP contribution in [0.1, 0.15) is 26.7 Å². The molecule has 0 aromatic carbocycles. The predicted octanol–water partition coefficient (Wildman–Crippen LogP) is 1.10. The number of aliphatic carboxylic acids is 1. The first-order valence-corrected chi connectivity index (χ1v) is 4.98. The minimum absolute atomic E-state index is 0.141. The molecule has 0 rings (SSSR count). The maximum atomic E-state index is 13.2. The van der Waals surface area contributed by atoms with Crippen molar-refractivity contribution in [3.05, 3.63) is 11.7 Å². The highest BCUT2D eigenvalue weighted by atomic mass is 19.2. The average Bonchev–Trinajstić information content (AvgIpc) is 2.22. The summed E-state index contributed by atoms with van der Waals surface area (Å²) in [6, 6.07) is 0. The molecule has 98 valence electrons. The van der Waals surface area contributed by atoms with Crippen molar-refractivity contribution in [2.24, 2.45) is 16.5 Å². The van der Waals surface area contributed by atoms with Gasteiger partial charge in [-0.3, -0.25) is 9.79 Å². The lowest BCUT2D eigenvalue weighted by Crippen LogP contribution is -2.44. The Kier molecular flexibility index (Phi) is 5.73. The quantitative estimate of drug-likeness (QED) is 0.484. The molecule has 5 N–H and O–H groups in total. The molecule has 7 heteroatoms. The van der Waals surface area contributed by atoms with Crippen molar-refractivity contribution in [1.29, 1.82) is 0 Å². The first-order valence-electron chi connectivity index (χ1n) is 4.98. The Morgan fingerprint density at radius 3 is 2.35 bits per heavy atom. The minimum atomic E-state index is -1.58. The molecule has 0 aromatic heterocycles. The van der Waals surface area contributed by atoms with Crippen molar-refractivity contribution in [3.63, 3.8) is 0 Å². The molecule has 0 aromatic rings. The zero-order valence-corrected chi connectivity index (χ0v) is 9.83. The van der Waals surface area contributed by atoms with Gasteiger partial charge in [0.05, 0.1) is 12.4 Å². The van der Waals surface area contributed by atoms with Crippen LogP contribution in [0.2, 0.25) is 0 Å². The smallest absolute Gasteiger partial charge is 0.323 e. The van der Waals surface area contributed by atoms with Gasteiger partial charge in [-0.25, -0.2) is 8.78 Å². The summed E-state index contributed by atoms with van der Waals surface area (Å²) in [5, 5.41) is 8.67. The van der Waals surface area contributed by atoms with Crippen molar-refractivity contribution in [1.82, 2.24) is 0 Å². The molecule has 5 nitrogen and oxygen atoms in total. The van der Waals surface area contributed by atoms with Crippen molar-refractivity contribution in [2.75, 3.05) is 6.54 Å². The number of halogens is 2. The molecule has 0 saturated carbocycles. The Labute approximate surface area is 98.2 Å². The third-order valence-corrected chi connectivity index (χ3v) is 2.11. The highest BCUT2D eigenvalue weighted by molar-refractivity contribution is 5.78. The third kappa shape index (κ3) is 5.96. The van der Waals surface area contributed by atoms with Gasteiger partial charge in [0.15, 0.2) is 5.83 Å². The fraction of sp³-hybridized carbons (Fsp3) is 0.600. The Hall–Kier alpha value is -1.50. The van der Waals surface area contributed by atoms with Crippen molar-refractivity contribution in [2.45, 2.75) is 32.2 Å². The normalized spacial score (nSPS) is 17.4. The number of hydrogen-bond acceptors (Lipinski definition) is 3. The lowest BCUT2D eigenvalue weighted by atomic mass is 9.97. The number of carboxylic acid groups (broad SMARTS) is 1. The highest BCUT2D eigenvalue weighted by Gasteiger charge is 2.28. The van der Waals surface area contributed by atoms with Crippen LogP contribution >= 0.6 is 0 Å². The number of carboxylic acids is 1. The molecule has 0 aliphatic carbocycles. The predicted molar refractivity (Wildman–Crippen MR) is 60.9 cm³/mol. The summed E-state index contributed by atoms with van der Waals surface area (Å²) in [4.78, 5) is 14.1. The number of carbonyl (C=O) groups is 1. The molecule has 0 spiro atoms. The third-order valence-electron chi connectivity index (χ3n) is 2.11. The van der Waals surface area contributed by atoms with Gasteiger partial charge in [-0.05, 0) is 20.3 Å². The van der Waals surface area contributed by atoms with E-state index in [2.05, 4.69) is 4.99 Å². The molecule has 0 unspecified atom stereocenters. The van der Waals surface area contributed by atoms with Crippen molar-refractivity contribution < 1.29 is 18.7 Å². The van der Waals surface area contributed by atoms with Gasteiger partial charge in [0.2, 0.25) is 0 Å². The monoisotopic (exact) mass is 249 g/mol. The van der Waals surface area contributed by atoms with Crippen LogP contribution in [0.4, 0.5) is 8.78 Å². The maximum Gasteiger partial charge on any atom is 0.323 e. The standard InChI is InChI=1S/C10H17F2N3O2/c1-6(13)15-5-8(12)7(11)3-4-10(2,14)9(16)17/h3-5,14H2,1-2H3,(H2,13,15)(H,16,17)/b8-7+/t10-/m1/s1. The maximum absolute atomic E-state index is 13.2. The SMILES string of the molecule is CC(N)=NC/C(F)=C(\F)CC[C@@](C)(N)C(=O)O. The zero-order valence-electron chi connectivity index (χ0n) is 9.83. The largest absolute Gasteiger partial charge is 0.480 e. The van der Waals surface area contributed by atoms with Gasteiger partial charge in [-0.15, -0.1) is 0 Å². The van der Waals surface area contributed by atoms with Crippen LogP contribution in [-0.2, 0) is 4.79 Å². The van der Waals surface area contributed by atoms with Gasteiger partial charge in [0.1, 0.15) is 11.4 Å². The molecule has 0 aliphatic heterocycles. The number of hydrogen-bond donors (Lipinski definition) is 3. The Morgan fingerprint density at radius 2 is 1.94 bits per heavy atom. The molecule has 0 heterocycles. The topological polar surface area (TPSA) is 102 Å². The van der Waals surface area contributed by atoms with Gasteiger partial charge in [-0.1, -0.05) is 0 Å². The number of nitrogens with two attached hydrogens (primary N) is 2. The number of nitrogens with zero attached hydrogens (tertiary/aromatic N) is 1. The summed E-state index contributed by atoms with van der Waals surface area (Å²) in [6.45, 7) is 2.21. The molecule has 0 saturated heterocycles. The van der Waals surface area contributed by atoms with Crippen LogP contribution in [0.15, 0.2) is 16.6 Å². The number of allylic oxidation sites excluding steroid dienone is 1. The lowest BCUT2D eigenvalue weighted by molar-refractivity contribution is -0.142. The van der Waals surface area contributed by atoms with Gasteiger partial charge in [-0.2, -0.15) is 0 Å². The van der Waals surface area contributed by atoms with Gasteiger partial charge in [0, 0.05) is 6.42 Å². The van der Waals surface area contributed by atoms with Crippen LogP contribution in [0.5, 0.6) is 0 Å². The lowest BCUT2D eigenvalue weighted by Gasteiger charge is -2.18. The van der Waals surface area contributed by atoms with E-state index in [1.807, 2.05) is 0 Å². The second kappa shape index (κ2) is 6.29. The highest BCUT2D eigenvalue weighted by Crippen LogP contribution is 2.19. The van der Waals surface area contributed by atoms with Gasteiger partial charge in [0.25, 0.3) is 0 Å². The van der Waals surface area contributed by atoms with Crippen molar-refractivity contribution >= 4 is 11.8 Å². The van der Waals surface area contributed by atoms with Crippen LogP contribution in [0, 0.1) is 0 Å². The van der Waals surface area contributed by atoms with Crippen LogP contribution in [-0.4, -0.2) is 29.0 Å². The second-order valence-corrected chi connectivity index (χ2v) is 3.99. The number of amidine groups is 1. The van der Waals surface area contributed by atoms with Crippen molar-refractivity contribution in [3.8, 4) is 0 Å². The van der Waals surface area contributed by atoms with E-state index in [9.17, 15) is 13.6 Å². The van der Waals surface area contributed by atoms with E-state index >= 15 is 0 Å². The van der Waals surface area contributed by atoms with E-state index in [0.717, 1.165) is 0 Å². The number of aliphatic imine (C=N–C) groups is 1. The van der Waals surface area contributed by atoms with Crippen LogP contribution in [0.3, 0.4) is 0 Å². The Balaban J connectivity index is 4.43. The molecular weight excluding hydrogens is 232 g/mol. The first-order chi connectivity index (χ1) is 7.66. The second-order valence-electron chi connectivity index (χ2n) is 3.99. The van der Waals surface area contributed by atoms with E-state index in [1.165, 1.54) is 13.8 Å². The molecular formula is C10H17F2N3O2. The molecule has 0 amide bonds. The number of rotatable bonds is 6. The van der Waals surface area contributed by atoms with E-state index in [1.54, 1.807) is 0 Å². The zero-order chi connectivity index (χ0) is 13.6. The summed E-state index contributed by atoms with van der Waals surface area (Å²) in [7, 11) is 0. The molecule has 0 radical (unpaired) electrons. The summed E-state index contributed by atoms with van der Waals surface area (Å²) in [5.74, 6) is -3.23. The Bertz CT molecular complexity index is 347. The van der Waals surface area contributed by atoms with E-state index < -0.39 is 29.7 Å². The first kappa shape index (κ1) is 15.5. The average molecular weight is 249 g/mol. The summed E-state index contributed by atoms with van der Waals surface area (Å²) in [5.41, 5.74) is 8.96. The van der Waals surface area contributed by atoms with Gasteiger partial charge >= 0.3 is 5.97 Å². The fourth-order valence-corrected chi connectivity index (χ4v) is 0.892. The van der Waals surface area contributed by atoms with E-state index in [-0.39, 0.29) is 18.7 Å². The molecule has 1 atom stereocenters. The molecule has 0 aliphatic rings. The van der Waals surface area contributed by atoms with Crippen LogP contribution in [0.25, 0.3) is 0 Å². The van der Waals surface area contributed by atoms with E-state index in [4.69, 9.17) is 16.6 Å².